The van der Waals surface area contributed by atoms with Gasteiger partial charge in [-0.15, -0.1) is 0 Å². The van der Waals surface area contributed by atoms with Crippen LogP contribution in [-0.4, -0.2) is 34.0 Å². The van der Waals surface area contributed by atoms with Gasteiger partial charge in [0.15, 0.2) is 0 Å². The Hall–Kier alpha value is -2.92. The molecule has 2 heterocycles. The van der Waals surface area contributed by atoms with Crippen LogP contribution in [0, 0.1) is 0 Å². The molecular weight excluding hydrogens is 334 g/mol. The number of likely N-dealkylation sites (tertiary alicyclic amines) is 1. The summed E-state index contributed by atoms with van der Waals surface area (Å²) < 4.78 is 0. The number of hydrogen-bond acceptors (Lipinski definition) is 5. The molecule has 0 unspecified atom stereocenters. The number of nitrogens with zero attached hydrogens (tertiary/aromatic N) is 3. The molecule has 0 saturated carbocycles. The van der Waals surface area contributed by atoms with Gasteiger partial charge in [-0.25, -0.2) is 4.98 Å². The van der Waals surface area contributed by atoms with Gasteiger partial charge in [-0.3, -0.25) is 4.90 Å². The molecule has 1 saturated heterocycles. The van der Waals surface area contributed by atoms with Crippen LogP contribution >= 0.6 is 0 Å². The summed E-state index contributed by atoms with van der Waals surface area (Å²) in [7, 11) is 0. The van der Waals surface area contributed by atoms with Crippen LogP contribution in [0.15, 0.2) is 66.7 Å². The van der Waals surface area contributed by atoms with Crippen LogP contribution in [0.3, 0.4) is 0 Å². The zero-order valence-corrected chi connectivity index (χ0v) is 15.4. The third-order valence-electron chi connectivity index (χ3n) is 5.00. The SMILES string of the molecule is Nc1nc(NC2CCN(Cc3ccccc3)CC2)cc(-c2ccccc2)n1. The van der Waals surface area contributed by atoms with E-state index in [4.69, 9.17) is 5.73 Å². The second-order valence-corrected chi connectivity index (χ2v) is 7.04. The highest BCUT2D eigenvalue weighted by Gasteiger charge is 2.20. The lowest BCUT2D eigenvalue weighted by Gasteiger charge is -2.32. The van der Waals surface area contributed by atoms with Crippen molar-refractivity contribution >= 4 is 11.8 Å². The maximum absolute atomic E-state index is 5.94. The van der Waals surface area contributed by atoms with E-state index in [1.807, 2.05) is 36.4 Å². The third kappa shape index (κ3) is 4.63. The van der Waals surface area contributed by atoms with Gasteiger partial charge in [0, 0.05) is 37.3 Å². The first-order valence-electron chi connectivity index (χ1n) is 9.49. The number of nitrogens with one attached hydrogen (secondary N) is 1. The van der Waals surface area contributed by atoms with Gasteiger partial charge in [-0.2, -0.15) is 4.98 Å². The Kier molecular flexibility index (Phi) is 5.30. The topological polar surface area (TPSA) is 67.1 Å². The van der Waals surface area contributed by atoms with E-state index in [9.17, 15) is 0 Å². The molecule has 0 spiro atoms. The zero-order chi connectivity index (χ0) is 18.5. The van der Waals surface area contributed by atoms with E-state index in [2.05, 4.69) is 50.5 Å². The number of rotatable bonds is 5. The zero-order valence-electron chi connectivity index (χ0n) is 15.4. The van der Waals surface area contributed by atoms with Crippen LogP contribution in [0.4, 0.5) is 11.8 Å². The Morgan fingerprint density at radius 3 is 2.30 bits per heavy atom. The number of hydrogen-bond donors (Lipinski definition) is 2. The van der Waals surface area contributed by atoms with Crippen molar-refractivity contribution in [1.29, 1.82) is 0 Å². The van der Waals surface area contributed by atoms with Crippen LogP contribution in [0.5, 0.6) is 0 Å². The second-order valence-electron chi connectivity index (χ2n) is 7.04. The molecule has 3 aromatic rings. The van der Waals surface area contributed by atoms with E-state index >= 15 is 0 Å². The Bertz CT molecular complexity index is 858. The maximum Gasteiger partial charge on any atom is 0.222 e. The van der Waals surface area contributed by atoms with Crippen molar-refractivity contribution < 1.29 is 0 Å². The predicted molar refractivity (Wildman–Crippen MR) is 110 cm³/mol. The molecule has 0 radical (unpaired) electrons. The molecule has 3 N–H and O–H groups in total. The molecule has 0 atom stereocenters. The molecule has 27 heavy (non-hydrogen) atoms. The summed E-state index contributed by atoms with van der Waals surface area (Å²) in [5.41, 5.74) is 9.22. The average Bonchev–Trinajstić information content (AvgIpc) is 2.71. The summed E-state index contributed by atoms with van der Waals surface area (Å²) >= 11 is 0. The molecular formula is C22H25N5. The summed E-state index contributed by atoms with van der Waals surface area (Å²) in [4.78, 5) is 11.3. The molecule has 1 aliphatic rings. The molecule has 1 aliphatic heterocycles. The minimum atomic E-state index is 0.306. The van der Waals surface area contributed by atoms with E-state index in [-0.39, 0.29) is 0 Å². The molecule has 0 bridgehead atoms. The highest BCUT2D eigenvalue weighted by atomic mass is 15.2. The predicted octanol–water partition coefficient (Wildman–Crippen LogP) is 3.80. The van der Waals surface area contributed by atoms with Gasteiger partial charge < -0.3 is 11.1 Å². The molecule has 0 aliphatic carbocycles. The van der Waals surface area contributed by atoms with Crippen molar-refractivity contribution in [3.63, 3.8) is 0 Å². The molecule has 138 valence electrons. The van der Waals surface area contributed by atoms with E-state index in [1.165, 1.54) is 5.56 Å². The van der Waals surface area contributed by atoms with Gasteiger partial charge >= 0.3 is 0 Å². The Labute approximate surface area is 160 Å². The summed E-state index contributed by atoms with van der Waals surface area (Å²) in [5, 5.41) is 3.56. The Balaban J connectivity index is 1.37. The molecule has 4 rings (SSSR count). The van der Waals surface area contributed by atoms with Crippen molar-refractivity contribution in [2.75, 3.05) is 24.1 Å². The summed E-state index contributed by atoms with van der Waals surface area (Å²) in [5.74, 6) is 1.11. The number of anilines is 2. The molecule has 5 heteroatoms. The highest BCUT2D eigenvalue weighted by molar-refractivity contribution is 5.64. The van der Waals surface area contributed by atoms with E-state index < -0.39 is 0 Å². The summed E-state index contributed by atoms with van der Waals surface area (Å²) in [6.45, 7) is 3.18. The van der Waals surface area contributed by atoms with E-state index in [0.717, 1.165) is 49.6 Å². The molecule has 2 aromatic carbocycles. The van der Waals surface area contributed by atoms with Crippen molar-refractivity contribution in [3.05, 3.63) is 72.3 Å². The number of aromatic nitrogens is 2. The van der Waals surface area contributed by atoms with Gasteiger partial charge in [0.2, 0.25) is 5.95 Å². The van der Waals surface area contributed by atoms with Crippen molar-refractivity contribution in [2.24, 2.45) is 0 Å². The van der Waals surface area contributed by atoms with E-state index in [0.29, 0.717) is 12.0 Å². The Morgan fingerprint density at radius 2 is 1.59 bits per heavy atom. The summed E-state index contributed by atoms with van der Waals surface area (Å²) in [6, 6.07) is 23.1. The average molecular weight is 359 g/mol. The fourth-order valence-electron chi connectivity index (χ4n) is 3.58. The lowest BCUT2D eigenvalue weighted by Crippen LogP contribution is -2.38. The fourth-order valence-corrected chi connectivity index (χ4v) is 3.58. The monoisotopic (exact) mass is 359 g/mol. The van der Waals surface area contributed by atoms with Gasteiger partial charge in [-0.1, -0.05) is 60.7 Å². The normalized spacial score (nSPS) is 15.6. The Morgan fingerprint density at radius 1 is 0.926 bits per heavy atom. The van der Waals surface area contributed by atoms with Crippen LogP contribution in [0.2, 0.25) is 0 Å². The smallest absolute Gasteiger partial charge is 0.222 e. The van der Waals surface area contributed by atoms with Gasteiger partial charge in [0.1, 0.15) is 5.82 Å². The van der Waals surface area contributed by atoms with Crippen molar-refractivity contribution in [1.82, 2.24) is 14.9 Å². The van der Waals surface area contributed by atoms with Crippen LogP contribution in [0.25, 0.3) is 11.3 Å². The first-order chi connectivity index (χ1) is 13.3. The lowest BCUT2D eigenvalue weighted by atomic mass is 10.0. The minimum absolute atomic E-state index is 0.306. The lowest BCUT2D eigenvalue weighted by molar-refractivity contribution is 0.211. The molecule has 1 aromatic heterocycles. The van der Waals surface area contributed by atoms with E-state index in [1.54, 1.807) is 0 Å². The van der Waals surface area contributed by atoms with Crippen molar-refractivity contribution in [2.45, 2.75) is 25.4 Å². The first kappa shape index (κ1) is 17.5. The third-order valence-corrected chi connectivity index (χ3v) is 5.00. The highest BCUT2D eigenvalue weighted by Crippen LogP contribution is 2.22. The molecule has 1 fully saturated rings. The standard InChI is InChI=1S/C22H25N5/c23-22-25-20(18-9-5-2-6-10-18)15-21(26-22)24-19-11-13-27(14-12-19)16-17-7-3-1-4-8-17/h1-10,15,19H,11-14,16H2,(H3,23,24,25,26). The fraction of sp³-hybridized carbons (Fsp3) is 0.273. The van der Waals surface area contributed by atoms with Crippen LogP contribution in [0.1, 0.15) is 18.4 Å². The number of benzene rings is 2. The maximum atomic E-state index is 5.94. The van der Waals surface area contributed by atoms with Gasteiger partial charge in [0.05, 0.1) is 5.69 Å². The van der Waals surface area contributed by atoms with Crippen LogP contribution < -0.4 is 11.1 Å². The minimum Gasteiger partial charge on any atom is -0.368 e. The number of nitrogen functional groups attached to an aromatic ring is 1. The second kappa shape index (κ2) is 8.18. The van der Waals surface area contributed by atoms with Crippen molar-refractivity contribution in [3.8, 4) is 11.3 Å². The number of nitrogens with two attached hydrogens (primary N) is 1. The molecule has 5 nitrogen and oxygen atoms in total. The summed E-state index contributed by atoms with van der Waals surface area (Å²) in [6.07, 6.45) is 2.19. The van der Waals surface area contributed by atoms with Gasteiger partial charge in [0.25, 0.3) is 0 Å². The number of piperidine rings is 1. The largest absolute Gasteiger partial charge is 0.368 e. The first-order valence-corrected chi connectivity index (χ1v) is 9.49. The van der Waals surface area contributed by atoms with Crippen LogP contribution in [-0.2, 0) is 6.54 Å². The molecule has 0 amide bonds. The van der Waals surface area contributed by atoms with Gasteiger partial charge in [-0.05, 0) is 18.4 Å². The quantitative estimate of drug-likeness (QED) is 0.725.